The predicted molar refractivity (Wildman–Crippen MR) is 223 cm³/mol. The van der Waals surface area contributed by atoms with Gasteiger partial charge in [0, 0.05) is 35.1 Å². The van der Waals surface area contributed by atoms with Crippen molar-refractivity contribution < 1.29 is 13.2 Å². The van der Waals surface area contributed by atoms with Gasteiger partial charge in [-0.05, 0) is 93.8 Å². The van der Waals surface area contributed by atoms with Crippen molar-refractivity contribution >= 4 is 33.1 Å². The minimum Gasteiger partial charge on any atom is -0.317 e. The molecule has 3 aromatic carbocycles. The lowest BCUT2D eigenvalue weighted by atomic mass is 9.91. The number of hydrogen-bond donors (Lipinski definition) is 3. The predicted octanol–water partition coefficient (Wildman–Crippen LogP) is 6.09. The lowest BCUT2D eigenvalue weighted by Gasteiger charge is -2.31. The Bertz CT molecular complexity index is 3260. The van der Waals surface area contributed by atoms with Crippen LogP contribution in [0.4, 0.5) is 13.2 Å². The fourth-order valence-corrected chi connectivity index (χ4v) is 8.53. The summed E-state index contributed by atoms with van der Waals surface area (Å²) in [5.41, 5.74) is 3.16. The molecule has 0 radical (unpaired) electrons. The van der Waals surface area contributed by atoms with Gasteiger partial charge in [0.2, 0.25) is 0 Å². The number of rotatable bonds is 5. The number of piperidine rings is 2. The van der Waals surface area contributed by atoms with Crippen molar-refractivity contribution in [2.24, 2.45) is 10.2 Å². The lowest BCUT2D eigenvalue weighted by Crippen LogP contribution is -2.33. The first-order valence-corrected chi connectivity index (χ1v) is 19.9. The minimum atomic E-state index is -4.54. The van der Waals surface area contributed by atoms with Gasteiger partial charge in [-0.1, -0.05) is 36.1 Å². The summed E-state index contributed by atoms with van der Waals surface area (Å²) in [5, 5.41) is 36.4. The maximum Gasteiger partial charge on any atom is 0.442 e. The second-order valence-electron chi connectivity index (χ2n) is 15.6. The molecule has 0 atom stereocenters. The van der Waals surface area contributed by atoms with Crippen LogP contribution in [-0.2, 0) is 12.2 Å². The Morgan fingerprint density at radius 1 is 0.726 bits per heavy atom. The molecule has 0 spiro atoms. The Balaban J connectivity index is 0.000000175. The first kappa shape index (κ1) is 39.9. The van der Waals surface area contributed by atoms with Crippen LogP contribution >= 0.6 is 0 Å². The fourth-order valence-electron chi connectivity index (χ4n) is 8.53. The van der Waals surface area contributed by atoms with Crippen LogP contribution in [0.5, 0.6) is 0 Å². The van der Waals surface area contributed by atoms with E-state index in [1.54, 1.807) is 48.5 Å². The molecular weight excluding hydrogens is 798 g/mol. The summed E-state index contributed by atoms with van der Waals surface area (Å²) in [7, 11) is 0. The highest BCUT2D eigenvalue weighted by atomic mass is 19.4. The molecule has 3 N–H and O–H groups in total. The third-order valence-corrected chi connectivity index (χ3v) is 11.9. The van der Waals surface area contributed by atoms with Gasteiger partial charge < -0.3 is 5.32 Å². The molecule has 2 fully saturated rings. The Kier molecular flexibility index (Phi) is 9.95. The number of H-pyrrole nitrogens is 2. The maximum absolute atomic E-state index is 13.2. The number of nitrogens with one attached hydrogen (secondary N) is 3. The van der Waals surface area contributed by atoms with Crippen molar-refractivity contribution in [3.63, 3.8) is 0 Å². The van der Waals surface area contributed by atoms with Gasteiger partial charge in [-0.25, -0.2) is 9.97 Å². The number of fused-ring (bicyclic) bond motifs is 4. The van der Waals surface area contributed by atoms with Crippen molar-refractivity contribution in [1.82, 2.24) is 39.4 Å². The van der Waals surface area contributed by atoms with E-state index >= 15 is 0 Å². The molecule has 7 heterocycles. The highest BCUT2D eigenvalue weighted by Crippen LogP contribution is 2.52. The number of hydrogen-bond acceptors (Lipinski definition) is 10. The topological polar surface area (TPSA) is 188 Å². The number of aromatic nitrogens is 6. The van der Waals surface area contributed by atoms with Crippen molar-refractivity contribution in [2.75, 3.05) is 26.2 Å². The molecule has 308 valence electrons. The van der Waals surface area contributed by atoms with Gasteiger partial charge in [0.15, 0.2) is 11.3 Å². The van der Waals surface area contributed by atoms with E-state index in [4.69, 9.17) is 12.8 Å². The maximum atomic E-state index is 13.2. The summed E-state index contributed by atoms with van der Waals surface area (Å²) in [6.07, 6.45) is 9.68. The monoisotopic (exact) mass is 832 g/mol. The Morgan fingerprint density at radius 2 is 1.21 bits per heavy atom. The first-order chi connectivity index (χ1) is 30.0. The Hall–Kier alpha value is -7.57. The van der Waals surface area contributed by atoms with Gasteiger partial charge in [0.05, 0.1) is 33.2 Å². The molecule has 7 aromatic rings. The molecule has 4 aromatic heterocycles. The third-order valence-electron chi connectivity index (χ3n) is 11.9. The molecule has 0 aliphatic carbocycles. The van der Waals surface area contributed by atoms with Crippen LogP contribution in [-0.4, -0.2) is 66.5 Å². The minimum absolute atomic E-state index is 0.0160. The number of aromatic amines is 2. The van der Waals surface area contributed by atoms with Crippen molar-refractivity contribution in [3.8, 4) is 36.8 Å². The van der Waals surface area contributed by atoms with E-state index in [0.717, 1.165) is 63.1 Å². The summed E-state index contributed by atoms with van der Waals surface area (Å²) >= 11 is 0. The van der Waals surface area contributed by atoms with Crippen LogP contribution in [0.1, 0.15) is 82.3 Å². The van der Waals surface area contributed by atoms with Crippen LogP contribution in [0.2, 0.25) is 0 Å². The summed E-state index contributed by atoms with van der Waals surface area (Å²) < 4.78 is 42.4. The zero-order valence-corrected chi connectivity index (χ0v) is 32.9. The van der Waals surface area contributed by atoms with E-state index in [9.17, 15) is 33.3 Å². The van der Waals surface area contributed by atoms with Gasteiger partial charge in [0.1, 0.15) is 23.3 Å². The summed E-state index contributed by atoms with van der Waals surface area (Å²) in [6, 6.07) is 20.8. The number of benzene rings is 3. The van der Waals surface area contributed by atoms with E-state index in [0.29, 0.717) is 67.6 Å². The average Bonchev–Trinajstić information content (AvgIpc) is 3.93. The molecule has 17 heteroatoms. The van der Waals surface area contributed by atoms with Crippen molar-refractivity contribution in [2.45, 2.75) is 55.9 Å². The zero-order valence-electron chi connectivity index (χ0n) is 32.9. The zero-order chi connectivity index (χ0) is 43.3. The van der Waals surface area contributed by atoms with Gasteiger partial charge >= 0.3 is 11.8 Å². The van der Waals surface area contributed by atoms with Crippen LogP contribution in [0.25, 0.3) is 33.1 Å². The molecule has 10 rings (SSSR count). The third kappa shape index (κ3) is 6.84. The number of likely N-dealkylation sites (tertiary alicyclic amines) is 1. The molecule has 0 unspecified atom stereocenters. The van der Waals surface area contributed by atoms with Crippen molar-refractivity contribution in [3.05, 3.63) is 126 Å². The summed E-state index contributed by atoms with van der Waals surface area (Å²) in [4.78, 5) is 37.3. The van der Waals surface area contributed by atoms with Gasteiger partial charge in [-0.2, -0.15) is 32.7 Å². The molecule has 3 aliphatic rings. The molecule has 0 saturated carbocycles. The SMILES string of the molecule is C#Cc1ccc2nc3c(C#N)c(C4CCN(Cc5ccc(C6(C(F)(F)F)N=N6)cc5)CC4)[nH]n3c(=O)c2c1.C#Cc1ccc2nc3c(C#N)c(C4CCNCC4)[nH]n3c(=O)c2c1. The highest BCUT2D eigenvalue weighted by molar-refractivity contribution is 5.83. The second kappa shape index (κ2) is 15.5. The molecule has 14 nitrogen and oxygen atoms in total. The number of halogens is 3. The van der Waals surface area contributed by atoms with Gasteiger partial charge in [0.25, 0.3) is 11.1 Å². The van der Waals surface area contributed by atoms with E-state index in [1.165, 1.54) is 21.2 Å². The van der Waals surface area contributed by atoms with E-state index in [2.05, 4.69) is 64.6 Å². The van der Waals surface area contributed by atoms with Gasteiger partial charge in [-0.3, -0.25) is 24.7 Å². The molecule has 0 amide bonds. The summed E-state index contributed by atoms with van der Waals surface area (Å²) in [5.74, 6) is 5.30. The summed E-state index contributed by atoms with van der Waals surface area (Å²) in [6.45, 7) is 3.84. The number of terminal acetylenes is 2. The standard InChI is InChI=1S/C27H20F3N7O.C18H15N5O/c1-2-16-5-8-22-20(13-16)25(38)37-24(32-22)21(14-31)23(33-37)18-9-11-36(12-10-18)15-17-3-6-19(7-4-17)26(34-35-26)27(28,29)30;1-2-11-3-4-15-13(9-11)18(24)23-17(21-15)14(10-19)16(22-23)12-5-7-20-8-6-12/h1,3-8,13,18,33H,9-12,15H2;1,3-4,9,12,20,22H,5-8H2. The Labute approximate surface area is 350 Å². The van der Waals surface area contributed by atoms with Crippen LogP contribution in [0, 0.1) is 47.3 Å². The molecule has 0 bridgehead atoms. The normalized spacial score (nSPS) is 16.7. The molecule has 62 heavy (non-hydrogen) atoms. The number of nitrogens with zero attached hydrogens (tertiary/aromatic N) is 9. The second-order valence-corrected chi connectivity index (χ2v) is 15.6. The van der Waals surface area contributed by atoms with Crippen LogP contribution in [0.15, 0.2) is 80.5 Å². The number of nitriles is 2. The quantitative estimate of drug-likeness (QED) is 0.174. The smallest absolute Gasteiger partial charge is 0.317 e. The van der Waals surface area contributed by atoms with E-state index in [1.807, 2.05) is 0 Å². The lowest BCUT2D eigenvalue weighted by molar-refractivity contribution is -0.166. The first-order valence-electron chi connectivity index (χ1n) is 19.9. The number of alkyl halides is 3. The molecular formula is C45H35F3N12O2. The average molecular weight is 833 g/mol. The van der Waals surface area contributed by atoms with E-state index in [-0.39, 0.29) is 28.5 Å². The molecule has 2 saturated heterocycles. The van der Waals surface area contributed by atoms with E-state index < -0.39 is 11.8 Å². The largest absolute Gasteiger partial charge is 0.442 e. The Morgan fingerprint density at radius 3 is 1.65 bits per heavy atom. The molecule has 3 aliphatic heterocycles. The highest BCUT2D eigenvalue weighted by Gasteiger charge is 2.65. The van der Waals surface area contributed by atoms with Crippen molar-refractivity contribution in [1.29, 1.82) is 10.5 Å². The fraction of sp³-hybridized carbons (Fsp3) is 0.289. The van der Waals surface area contributed by atoms with Gasteiger partial charge in [-0.15, -0.1) is 23.1 Å². The van der Waals surface area contributed by atoms with Crippen LogP contribution < -0.4 is 16.4 Å². The van der Waals surface area contributed by atoms with Crippen LogP contribution in [0.3, 0.4) is 0 Å².